The number of nitrogens with two attached hydrogens (primary N) is 1. The quantitative estimate of drug-likeness (QED) is 0.920. The van der Waals surface area contributed by atoms with Gasteiger partial charge in [0.25, 0.3) is 0 Å². The largest absolute Gasteiger partial charge is 0.339 e. The molecule has 2 rings (SSSR count). The Labute approximate surface area is 114 Å². The molecule has 0 saturated carbocycles. The zero-order valence-electron chi connectivity index (χ0n) is 12.0. The Morgan fingerprint density at radius 2 is 2.05 bits per heavy atom. The van der Waals surface area contributed by atoms with Gasteiger partial charge in [-0.1, -0.05) is 49.7 Å². The van der Waals surface area contributed by atoms with Crippen LogP contribution >= 0.6 is 0 Å². The van der Waals surface area contributed by atoms with Gasteiger partial charge < -0.3 is 10.3 Å². The van der Waals surface area contributed by atoms with Gasteiger partial charge in [0, 0.05) is 18.0 Å². The van der Waals surface area contributed by atoms with E-state index in [2.05, 4.69) is 30.9 Å². The fourth-order valence-corrected chi connectivity index (χ4v) is 1.73. The van der Waals surface area contributed by atoms with Crippen molar-refractivity contribution < 1.29 is 4.52 Å². The zero-order chi connectivity index (χ0) is 14.0. The number of rotatable bonds is 3. The van der Waals surface area contributed by atoms with Gasteiger partial charge in [-0.15, -0.1) is 0 Å². The van der Waals surface area contributed by atoms with Crippen LogP contribution in [0.4, 0.5) is 0 Å². The van der Waals surface area contributed by atoms with Gasteiger partial charge in [-0.05, 0) is 18.4 Å². The molecule has 0 aliphatic heterocycles. The van der Waals surface area contributed by atoms with E-state index >= 15 is 0 Å². The van der Waals surface area contributed by atoms with Crippen LogP contribution in [0.1, 0.15) is 32.2 Å². The molecule has 2 aromatic rings. The van der Waals surface area contributed by atoms with Gasteiger partial charge >= 0.3 is 0 Å². The first-order valence-electron chi connectivity index (χ1n) is 6.51. The van der Waals surface area contributed by atoms with Crippen LogP contribution in [-0.4, -0.2) is 16.2 Å². The Bertz CT molecular complexity index is 555. The van der Waals surface area contributed by atoms with Crippen molar-refractivity contribution in [1.82, 2.24) is 10.1 Å². The van der Waals surface area contributed by atoms with Crippen LogP contribution < -0.4 is 5.73 Å². The summed E-state index contributed by atoms with van der Waals surface area (Å²) in [5, 5.41) is 4.02. The lowest BCUT2D eigenvalue weighted by atomic mass is 9.85. The van der Waals surface area contributed by atoms with E-state index in [0.29, 0.717) is 18.1 Å². The van der Waals surface area contributed by atoms with E-state index in [1.807, 2.05) is 31.2 Å². The normalized spacial score (nSPS) is 13.5. The summed E-state index contributed by atoms with van der Waals surface area (Å²) in [7, 11) is 0. The van der Waals surface area contributed by atoms with Crippen LogP contribution in [0, 0.1) is 12.3 Å². The van der Waals surface area contributed by atoms with Gasteiger partial charge in [0.05, 0.1) is 0 Å². The maximum absolute atomic E-state index is 6.13. The predicted molar refractivity (Wildman–Crippen MR) is 75.6 cm³/mol. The molecular formula is C15H21N3O. The van der Waals surface area contributed by atoms with Crippen LogP contribution in [0.3, 0.4) is 0 Å². The fourth-order valence-electron chi connectivity index (χ4n) is 1.73. The van der Waals surface area contributed by atoms with Gasteiger partial charge in [0.2, 0.25) is 11.7 Å². The molecule has 0 radical (unpaired) electrons. The van der Waals surface area contributed by atoms with E-state index in [-0.39, 0.29) is 11.5 Å². The highest BCUT2D eigenvalue weighted by Gasteiger charge is 2.23. The van der Waals surface area contributed by atoms with E-state index in [1.54, 1.807) is 0 Å². The first-order chi connectivity index (χ1) is 8.86. The molecule has 0 fully saturated rings. The van der Waals surface area contributed by atoms with Gasteiger partial charge in [0.15, 0.2) is 0 Å². The van der Waals surface area contributed by atoms with Crippen LogP contribution in [0.25, 0.3) is 11.4 Å². The Balaban J connectivity index is 2.16. The van der Waals surface area contributed by atoms with Crippen LogP contribution in [-0.2, 0) is 6.42 Å². The number of aromatic nitrogens is 2. The van der Waals surface area contributed by atoms with Crippen LogP contribution in [0.5, 0.6) is 0 Å². The molecule has 0 bridgehead atoms. The van der Waals surface area contributed by atoms with E-state index in [1.165, 1.54) is 5.56 Å². The molecule has 1 aromatic heterocycles. The smallest absolute Gasteiger partial charge is 0.228 e. The topological polar surface area (TPSA) is 64.9 Å². The minimum absolute atomic E-state index is 0.00157. The third-order valence-electron chi connectivity index (χ3n) is 3.25. The van der Waals surface area contributed by atoms with Crippen molar-refractivity contribution in [3.8, 4) is 11.4 Å². The molecule has 1 unspecified atom stereocenters. The Morgan fingerprint density at radius 1 is 1.32 bits per heavy atom. The molecule has 1 atom stereocenters. The average Bonchev–Trinajstić information content (AvgIpc) is 2.76. The third kappa shape index (κ3) is 3.41. The fraction of sp³-hybridized carbons (Fsp3) is 0.467. The van der Waals surface area contributed by atoms with Gasteiger partial charge in [0.1, 0.15) is 0 Å². The van der Waals surface area contributed by atoms with Gasteiger partial charge in [-0.3, -0.25) is 0 Å². The molecule has 19 heavy (non-hydrogen) atoms. The molecule has 0 aliphatic rings. The number of hydrogen-bond acceptors (Lipinski definition) is 4. The van der Waals surface area contributed by atoms with Crippen molar-refractivity contribution in [2.24, 2.45) is 11.1 Å². The summed E-state index contributed by atoms with van der Waals surface area (Å²) in [6, 6.07) is 8.05. The van der Waals surface area contributed by atoms with Crippen molar-refractivity contribution in [3.05, 3.63) is 35.7 Å². The first kappa shape index (κ1) is 13.7. The van der Waals surface area contributed by atoms with Crippen molar-refractivity contribution in [2.75, 3.05) is 0 Å². The summed E-state index contributed by atoms with van der Waals surface area (Å²) in [6.07, 6.45) is 0.600. The van der Waals surface area contributed by atoms with E-state index < -0.39 is 0 Å². The SMILES string of the molecule is Cc1cccc(-c2noc(CC(N)C(C)(C)C)n2)c1. The highest BCUT2D eigenvalue weighted by Crippen LogP contribution is 2.22. The molecule has 1 aromatic carbocycles. The molecule has 4 nitrogen and oxygen atoms in total. The van der Waals surface area contributed by atoms with E-state index in [4.69, 9.17) is 10.3 Å². The monoisotopic (exact) mass is 259 g/mol. The summed E-state index contributed by atoms with van der Waals surface area (Å²) >= 11 is 0. The number of aryl methyl sites for hydroxylation is 1. The molecular weight excluding hydrogens is 238 g/mol. The zero-order valence-corrected chi connectivity index (χ0v) is 12.0. The second kappa shape index (κ2) is 5.13. The maximum atomic E-state index is 6.13. The predicted octanol–water partition coefficient (Wildman–Crippen LogP) is 2.96. The minimum Gasteiger partial charge on any atom is -0.339 e. The number of benzene rings is 1. The summed E-state index contributed by atoms with van der Waals surface area (Å²) in [5.41, 5.74) is 8.30. The summed E-state index contributed by atoms with van der Waals surface area (Å²) in [6.45, 7) is 8.36. The molecule has 0 spiro atoms. The minimum atomic E-state index is -0.00157. The molecule has 0 amide bonds. The second-order valence-electron chi connectivity index (χ2n) is 6.06. The van der Waals surface area contributed by atoms with Crippen molar-refractivity contribution in [2.45, 2.75) is 40.2 Å². The molecule has 2 N–H and O–H groups in total. The molecule has 0 saturated heterocycles. The standard InChI is InChI=1S/C15H21N3O/c1-10-6-5-7-11(8-10)14-17-13(19-18-14)9-12(16)15(2,3)4/h5-8,12H,9,16H2,1-4H3. The number of hydrogen-bond donors (Lipinski definition) is 1. The lowest BCUT2D eigenvalue weighted by Gasteiger charge is -2.25. The highest BCUT2D eigenvalue weighted by molar-refractivity contribution is 5.55. The van der Waals surface area contributed by atoms with Crippen molar-refractivity contribution >= 4 is 0 Å². The third-order valence-corrected chi connectivity index (χ3v) is 3.25. The van der Waals surface area contributed by atoms with E-state index in [9.17, 15) is 0 Å². The van der Waals surface area contributed by atoms with Crippen molar-refractivity contribution in [3.63, 3.8) is 0 Å². The van der Waals surface area contributed by atoms with Gasteiger partial charge in [-0.25, -0.2) is 0 Å². The lowest BCUT2D eigenvalue weighted by Crippen LogP contribution is -2.36. The lowest BCUT2D eigenvalue weighted by molar-refractivity contribution is 0.286. The summed E-state index contributed by atoms with van der Waals surface area (Å²) < 4.78 is 5.28. The Morgan fingerprint density at radius 3 is 2.68 bits per heavy atom. The van der Waals surface area contributed by atoms with Crippen LogP contribution in [0.15, 0.2) is 28.8 Å². The summed E-state index contributed by atoms with van der Waals surface area (Å²) in [5.74, 6) is 1.22. The Kier molecular flexibility index (Phi) is 3.71. The van der Waals surface area contributed by atoms with Crippen LogP contribution in [0.2, 0.25) is 0 Å². The Hall–Kier alpha value is -1.68. The molecule has 102 valence electrons. The average molecular weight is 259 g/mol. The summed E-state index contributed by atoms with van der Waals surface area (Å²) in [4.78, 5) is 4.42. The second-order valence-corrected chi connectivity index (χ2v) is 6.06. The number of nitrogens with zero attached hydrogens (tertiary/aromatic N) is 2. The molecule has 4 heteroatoms. The molecule has 1 heterocycles. The van der Waals surface area contributed by atoms with E-state index in [0.717, 1.165) is 5.56 Å². The molecule has 0 aliphatic carbocycles. The highest BCUT2D eigenvalue weighted by atomic mass is 16.5. The first-order valence-corrected chi connectivity index (χ1v) is 6.51. The van der Waals surface area contributed by atoms with Crippen molar-refractivity contribution in [1.29, 1.82) is 0 Å². The van der Waals surface area contributed by atoms with Gasteiger partial charge in [-0.2, -0.15) is 4.98 Å². The maximum Gasteiger partial charge on any atom is 0.228 e.